The molecule has 0 fully saturated rings. The van der Waals surface area contributed by atoms with Crippen LogP contribution in [0.1, 0.15) is 112 Å². The maximum absolute atomic E-state index is 6.44. The van der Waals surface area contributed by atoms with E-state index in [1.54, 1.807) is 4.40 Å². The van der Waals surface area contributed by atoms with Gasteiger partial charge in [-0.3, -0.25) is 4.98 Å². The normalized spacial score (nSPS) is 11.6. The average Bonchev–Trinajstić information content (AvgIpc) is 3.83. The molecule has 63 heavy (non-hydrogen) atoms. The molecule has 0 aliphatic carbocycles. The van der Waals surface area contributed by atoms with Gasteiger partial charge in [0.05, 0.1) is 22.4 Å². The number of hydrogen-bond donors (Lipinski definition) is 0. The van der Waals surface area contributed by atoms with Crippen molar-refractivity contribution in [1.29, 1.82) is 0 Å². The Morgan fingerprint density at radius 1 is 0.698 bits per heavy atom. The summed E-state index contributed by atoms with van der Waals surface area (Å²) >= 11 is -1.86. The van der Waals surface area contributed by atoms with E-state index < -0.39 is 13.3 Å². The zero-order valence-corrected chi connectivity index (χ0v) is 42.4. The first-order valence-corrected chi connectivity index (χ1v) is 28.8. The van der Waals surface area contributed by atoms with E-state index in [4.69, 9.17) is 19.4 Å². The Morgan fingerprint density at radius 3 is 1.92 bits per heavy atom. The molecule has 5 nitrogen and oxygen atoms in total. The number of benzene rings is 5. The van der Waals surface area contributed by atoms with E-state index in [0.717, 1.165) is 51.2 Å². The first-order valence-electron chi connectivity index (χ1n) is 21.5. The fourth-order valence-corrected chi connectivity index (χ4v) is 11.2. The molecular formula is C56H68GeIrN4O-2. The van der Waals surface area contributed by atoms with Gasteiger partial charge in [0.15, 0.2) is 5.89 Å². The largest absolute Gasteiger partial charge is 0.487 e. The van der Waals surface area contributed by atoms with Gasteiger partial charge in [-0.15, -0.1) is 18.2 Å². The van der Waals surface area contributed by atoms with Crippen LogP contribution in [0, 0.1) is 18.1 Å². The van der Waals surface area contributed by atoms with Crippen LogP contribution in [-0.2, 0) is 31.9 Å². The summed E-state index contributed by atoms with van der Waals surface area (Å²) in [5.41, 5.74) is 14.0. The van der Waals surface area contributed by atoms with E-state index in [1.807, 2.05) is 36.4 Å². The smallest absolute Gasteiger partial charge is 0.188 e. The zero-order chi connectivity index (χ0) is 42.9. The van der Waals surface area contributed by atoms with Crippen LogP contribution in [0.25, 0.3) is 61.6 Å². The third-order valence-corrected chi connectivity index (χ3v) is 15.3. The molecule has 3 aromatic heterocycles. The SMILES string of the molecule is C.C.CC(C)Cc1cc(-c2[c-]cccc2)nc[c]1[Ge]([CH3])([CH3])[CH3].CC(C)c1cc(-c2ccccc2)cc(C(C)C)c1-n1c(-c2[c-]ccc3nc(C(C)(C)C)oc23)nc2ccccc21.[Ir]. The van der Waals surface area contributed by atoms with Crippen molar-refractivity contribution in [3.05, 3.63) is 150 Å². The van der Waals surface area contributed by atoms with Gasteiger partial charge in [-0.2, -0.15) is 0 Å². The predicted molar refractivity (Wildman–Crippen MR) is 269 cm³/mol. The summed E-state index contributed by atoms with van der Waals surface area (Å²) in [6, 6.07) is 44.8. The summed E-state index contributed by atoms with van der Waals surface area (Å²) in [5, 5.41) is 0. The van der Waals surface area contributed by atoms with E-state index in [9.17, 15) is 0 Å². The van der Waals surface area contributed by atoms with Gasteiger partial charge >= 0.3 is 126 Å². The van der Waals surface area contributed by atoms with Crippen LogP contribution < -0.4 is 4.40 Å². The van der Waals surface area contributed by atoms with Crippen molar-refractivity contribution in [1.82, 2.24) is 19.5 Å². The molecule has 0 saturated carbocycles. The van der Waals surface area contributed by atoms with Crippen molar-refractivity contribution in [3.8, 4) is 39.5 Å². The van der Waals surface area contributed by atoms with Crippen molar-refractivity contribution in [2.24, 2.45) is 5.92 Å². The Labute approximate surface area is 394 Å². The van der Waals surface area contributed by atoms with Crippen LogP contribution in [0.2, 0.25) is 17.3 Å². The Hall–Kier alpha value is -4.62. The molecule has 5 aromatic carbocycles. The van der Waals surface area contributed by atoms with E-state index in [1.165, 1.54) is 33.5 Å². The minimum atomic E-state index is -1.86. The van der Waals surface area contributed by atoms with Crippen molar-refractivity contribution in [2.45, 2.75) is 118 Å². The number of imidazole rings is 1. The van der Waals surface area contributed by atoms with E-state index in [0.29, 0.717) is 23.6 Å². The van der Waals surface area contributed by atoms with Crippen LogP contribution in [-0.4, -0.2) is 32.8 Å². The van der Waals surface area contributed by atoms with Crippen molar-refractivity contribution in [3.63, 3.8) is 0 Å². The average molecular weight is 1080 g/mol. The molecule has 0 bridgehead atoms. The van der Waals surface area contributed by atoms with Gasteiger partial charge in [0.1, 0.15) is 0 Å². The first kappa shape index (κ1) is 51.0. The van der Waals surface area contributed by atoms with Crippen molar-refractivity contribution in [2.75, 3.05) is 0 Å². The number of hydrogen-bond acceptors (Lipinski definition) is 4. The molecule has 0 N–H and O–H groups in total. The number of para-hydroxylation sites is 2. The number of aromatic nitrogens is 4. The number of oxazole rings is 1. The molecule has 8 aromatic rings. The van der Waals surface area contributed by atoms with E-state index in [2.05, 4.69) is 175 Å². The van der Waals surface area contributed by atoms with Gasteiger partial charge in [-0.05, 0) is 58.4 Å². The second-order valence-corrected chi connectivity index (χ2v) is 29.7. The molecule has 7 heteroatoms. The Morgan fingerprint density at radius 2 is 1.33 bits per heavy atom. The zero-order valence-electron chi connectivity index (χ0n) is 37.9. The van der Waals surface area contributed by atoms with Crippen LogP contribution in [0.15, 0.2) is 120 Å². The second-order valence-electron chi connectivity index (χ2n) is 19.1. The van der Waals surface area contributed by atoms with Crippen LogP contribution >= 0.6 is 0 Å². The number of nitrogens with zero attached hydrogens (tertiary/aromatic N) is 4. The Balaban J connectivity index is 0.000000323. The van der Waals surface area contributed by atoms with Gasteiger partial charge < -0.3 is 8.98 Å². The van der Waals surface area contributed by atoms with Gasteiger partial charge in [0.25, 0.3) is 0 Å². The maximum atomic E-state index is 6.44. The van der Waals surface area contributed by atoms with Crippen LogP contribution in [0.4, 0.5) is 0 Å². The molecule has 0 amide bonds. The van der Waals surface area contributed by atoms with Gasteiger partial charge in [-0.1, -0.05) is 111 Å². The standard InChI is InChI=1S/C36H36N3O.C18H24GeN.2CH4.Ir/c1-22(2)27-20-25(24-14-9-8-10-15-24)21-28(23(3)4)32(27)39-31-19-12-11-17-29(31)37-34(39)26-16-13-18-30-33(26)40-35(38-30)36(5,6)7;1-14(2)11-16-12-18(15-9-7-6-8-10-15)20-13-17(16)19(3,4)5;;;/h8-15,17-23H,1-7H3;6-9,12-14H,11H2,1-5H3;2*1H4;/q2*-1;;;. The summed E-state index contributed by atoms with van der Waals surface area (Å²) in [4.78, 5) is 14.7. The molecule has 0 unspecified atom stereocenters. The third kappa shape index (κ3) is 11.2. The second kappa shape index (κ2) is 20.9. The fraction of sp³-hybridized carbons (Fsp3) is 0.339. The van der Waals surface area contributed by atoms with Gasteiger partial charge in [0, 0.05) is 36.7 Å². The quantitative estimate of drug-likeness (QED) is 0.107. The molecule has 3 heterocycles. The van der Waals surface area contributed by atoms with Crippen LogP contribution in [0.3, 0.4) is 0 Å². The molecule has 0 atom stereocenters. The third-order valence-electron chi connectivity index (χ3n) is 10.9. The molecular weight excluding hydrogens is 1010 g/mol. The van der Waals surface area contributed by atoms with E-state index in [-0.39, 0.29) is 40.4 Å². The monoisotopic (exact) mass is 1080 g/mol. The molecule has 0 aliphatic rings. The maximum Gasteiger partial charge on any atom is 0.188 e. The van der Waals surface area contributed by atoms with Gasteiger partial charge in [0.2, 0.25) is 0 Å². The molecule has 8 rings (SSSR count). The minimum Gasteiger partial charge on any atom is -0.487 e. The Kier molecular flexibility index (Phi) is 16.9. The molecule has 0 saturated heterocycles. The predicted octanol–water partition coefficient (Wildman–Crippen LogP) is 15.4. The fourth-order valence-electron chi connectivity index (χ4n) is 7.90. The topological polar surface area (TPSA) is 56.7 Å². The Bertz CT molecular complexity index is 2710. The number of fused-ring (bicyclic) bond motifs is 2. The molecule has 1 radical (unpaired) electrons. The summed E-state index contributed by atoms with van der Waals surface area (Å²) < 4.78 is 10.3. The van der Waals surface area contributed by atoms with Crippen molar-refractivity contribution < 1.29 is 24.5 Å². The summed E-state index contributed by atoms with van der Waals surface area (Å²) in [7, 11) is 0. The molecule has 0 aliphatic heterocycles. The molecule has 333 valence electrons. The first-order chi connectivity index (χ1) is 28.5. The molecule has 0 spiro atoms. The van der Waals surface area contributed by atoms with E-state index >= 15 is 0 Å². The van der Waals surface area contributed by atoms with Crippen molar-refractivity contribution >= 4 is 39.8 Å². The number of pyridine rings is 1. The number of rotatable bonds is 9. The summed E-state index contributed by atoms with van der Waals surface area (Å²) in [6.07, 6.45) is 3.27. The van der Waals surface area contributed by atoms with Crippen LogP contribution in [0.5, 0.6) is 0 Å². The summed E-state index contributed by atoms with van der Waals surface area (Å²) in [6.45, 7) is 20.0. The minimum absolute atomic E-state index is 0. The summed E-state index contributed by atoms with van der Waals surface area (Å²) in [5.74, 6) is 10.1. The van der Waals surface area contributed by atoms with Gasteiger partial charge in [-0.25, -0.2) is 4.98 Å².